The number of methoxy groups -OCH3 is 1. The van der Waals surface area contributed by atoms with Crippen LogP contribution in [0, 0.1) is 0 Å². The number of nitrogens with one attached hydrogen (secondary N) is 1. The average Bonchev–Trinajstić information content (AvgIpc) is 2.74. The molecule has 5 nitrogen and oxygen atoms in total. The highest BCUT2D eigenvalue weighted by molar-refractivity contribution is 5.95. The number of anilines is 1. The number of carbonyl (C=O) groups excluding carboxylic acids is 1. The van der Waals surface area contributed by atoms with Crippen molar-refractivity contribution >= 4 is 11.6 Å². The zero-order valence-corrected chi connectivity index (χ0v) is 16.3. The second-order valence-electron chi connectivity index (χ2n) is 7.04. The molecule has 1 fully saturated rings. The first kappa shape index (κ1) is 19.2. The lowest BCUT2D eigenvalue weighted by atomic mass is 9.99. The molecule has 0 aliphatic carbocycles. The molecule has 1 atom stereocenters. The number of hydrogen-bond acceptors (Lipinski definition) is 4. The zero-order valence-electron chi connectivity index (χ0n) is 16.3. The van der Waals surface area contributed by atoms with Gasteiger partial charge >= 0.3 is 0 Å². The maximum atomic E-state index is 12.9. The number of ether oxygens (including phenoxy) is 1. The smallest absolute Gasteiger partial charge is 0.255 e. The number of carbonyl (C=O) groups is 1. The molecule has 0 radical (unpaired) electrons. The molecule has 27 heavy (non-hydrogen) atoms. The van der Waals surface area contributed by atoms with Gasteiger partial charge in [0.2, 0.25) is 0 Å². The van der Waals surface area contributed by atoms with Gasteiger partial charge in [-0.25, -0.2) is 0 Å². The van der Waals surface area contributed by atoms with Crippen LogP contribution in [0.5, 0.6) is 5.75 Å². The molecular weight excluding hydrogens is 338 g/mol. The van der Waals surface area contributed by atoms with Gasteiger partial charge in [0.1, 0.15) is 5.75 Å². The normalized spacial score (nSPS) is 16.8. The molecule has 5 heteroatoms. The number of rotatable bonds is 7. The molecular formula is C22H29N3O2. The highest BCUT2D eigenvalue weighted by atomic mass is 16.5. The number of benzene rings is 1. The van der Waals surface area contributed by atoms with Crippen molar-refractivity contribution in [3.63, 3.8) is 0 Å². The number of piperidine rings is 1. The topological polar surface area (TPSA) is 54.5 Å². The molecule has 1 amide bonds. The lowest BCUT2D eigenvalue weighted by Crippen LogP contribution is -2.43. The summed E-state index contributed by atoms with van der Waals surface area (Å²) in [5.41, 5.74) is 2.80. The van der Waals surface area contributed by atoms with Gasteiger partial charge in [-0.15, -0.1) is 0 Å². The summed E-state index contributed by atoms with van der Waals surface area (Å²) < 4.78 is 5.18. The molecule has 2 heterocycles. The molecule has 1 aliphatic heterocycles. The van der Waals surface area contributed by atoms with Gasteiger partial charge in [-0.2, -0.15) is 0 Å². The van der Waals surface area contributed by atoms with E-state index < -0.39 is 0 Å². The predicted molar refractivity (Wildman–Crippen MR) is 108 cm³/mol. The van der Waals surface area contributed by atoms with Crippen molar-refractivity contribution in [2.24, 2.45) is 0 Å². The molecule has 0 bridgehead atoms. The van der Waals surface area contributed by atoms with Gasteiger partial charge in [0, 0.05) is 31.5 Å². The summed E-state index contributed by atoms with van der Waals surface area (Å²) in [4.78, 5) is 19.2. The van der Waals surface area contributed by atoms with Crippen molar-refractivity contribution in [1.29, 1.82) is 0 Å². The summed E-state index contributed by atoms with van der Waals surface area (Å²) >= 11 is 0. The molecule has 1 aromatic carbocycles. The number of amides is 1. The molecule has 1 aromatic heterocycles. The van der Waals surface area contributed by atoms with Gasteiger partial charge in [-0.05, 0) is 55.9 Å². The third kappa shape index (κ3) is 5.00. The maximum Gasteiger partial charge on any atom is 0.255 e. The molecule has 0 saturated carbocycles. The monoisotopic (exact) mass is 367 g/mol. The van der Waals surface area contributed by atoms with E-state index in [1.165, 1.54) is 12.0 Å². The van der Waals surface area contributed by atoms with Crippen LogP contribution in [0.2, 0.25) is 0 Å². The van der Waals surface area contributed by atoms with E-state index >= 15 is 0 Å². The second-order valence-corrected chi connectivity index (χ2v) is 7.04. The van der Waals surface area contributed by atoms with Gasteiger partial charge in [0.15, 0.2) is 0 Å². The minimum atomic E-state index is 0.104. The van der Waals surface area contributed by atoms with E-state index in [1.54, 1.807) is 19.5 Å². The number of aromatic nitrogens is 1. The Kier molecular flexibility index (Phi) is 6.69. The first-order chi connectivity index (χ1) is 13.2. The average molecular weight is 367 g/mol. The fourth-order valence-corrected chi connectivity index (χ4v) is 3.66. The molecule has 1 aliphatic rings. The van der Waals surface area contributed by atoms with Crippen LogP contribution in [0.15, 0.2) is 42.7 Å². The van der Waals surface area contributed by atoms with Crippen LogP contribution in [0.4, 0.5) is 5.69 Å². The Morgan fingerprint density at radius 1 is 1.26 bits per heavy atom. The van der Waals surface area contributed by atoms with Crippen molar-refractivity contribution in [3.05, 3.63) is 53.9 Å². The summed E-state index contributed by atoms with van der Waals surface area (Å²) in [7, 11) is 1.67. The van der Waals surface area contributed by atoms with Crippen LogP contribution in [-0.2, 0) is 6.42 Å². The number of hydrogen-bond donors (Lipinski definition) is 1. The molecule has 2 aromatic rings. The van der Waals surface area contributed by atoms with Crippen molar-refractivity contribution in [2.45, 2.75) is 45.1 Å². The fraction of sp³-hybridized carbons (Fsp3) is 0.455. The molecule has 3 rings (SSSR count). The molecule has 1 unspecified atom stereocenters. The Balaban J connectivity index is 1.58. The second kappa shape index (κ2) is 9.40. The summed E-state index contributed by atoms with van der Waals surface area (Å²) in [5, 5.41) is 3.38. The summed E-state index contributed by atoms with van der Waals surface area (Å²) in [6.07, 6.45) is 8.78. The van der Waals surface area contributed by atoms with Crippen molar-refractivity contribution in [3.8, 4) is 5.75 Å². The van der Waals surface area contributed by atoms with E-state index in [1.807, 2.05) is 23.1 Å². The third-order valence-corrected chi connectivity index (χ3v) is 5.25. The van der Waals surface area contributed by atoms with Crippen molar-refractivity contribution < 1.29 is 9.53 Å². The maximum absolute atomic E-state index is 12.9. The van der Waals surface area contributed by atoms with Crippen molar-refractivity contribution in [2.75, 3.05) is 25.5 Å². The summed E-state index contributed by atoms with van der Waals surface area (Å²) in [6, 6.07) is 10.4. The van der Waals surface area contributed by atoms with Crippen LogP contribution in [0.25, 0.3) is 0 Å². The minimum absolute atomic E-state index is 0.104. The lowest BCUT2D eigenvalue weighted by molar-refractivity contribution is 0.0607. The van der Waals surface area contributed by atoms with E-state index in [4.69, 9.17) is 4.74 Å². The van der Waals surface area contributed by atoms with Gasteiger partial charge < -0.3 is 15.0 Å². The Morgan fingerprint density at radius 2 is 2.07 bits per heavy atom. The van der Waals surface area contributed by atoms with E-state index in [-0.39, 0.29) is 5.91 Å². The van der Waals surface area contributed by atoms with Crippen molar-refractivity contribution in [1.82, 2.24) is 9.88 Å². The van der Waals surface area contributed by atoms with Gasteiger partial charge in [0.05, 0.1) is 18.4 Å². The number of likely N-dealkylation sites (tertiary alicyclic amines) is 1. The fourth-order valence-electron chi connectivity index (χ4n) is 3.66. The summed E-state index contributed by atoms with van der Waals surface area (Å²) in [5.74, 6) is 0.970. The summed E-state index contributed by atoms with van der Waals surface area (Å²) in [6.45, 7) is 3.80. The molecule has 144 valence electrons. The Morgan fingerprint density at radius 3 is 2.81 bits per heavy atom. The first-order valence-electron chi connectivity index (χ1n) is 9.84. The van der Waals surface area contributed by atoms with Crippen LogP contribution in [-0.4, -0.2) is 42.0 Å². The van der Waals surface area contributed by atoms with Gasteiger partial charge in [-0.1, -0.05) is 19.1 Å². The van der Waals surface area contributed by atoms with Crippen LogP contribution in [0.3, 0.4) is 0 Å². The minimum Gasteiger partial charge on any atom is -0.497 e. The standard InChI is InChI=1S/C22H29N3O2/c1-3-20-6-4-5-13-25(20)22(26)18-14-19(16-23-15-18)24-12-11-17-7-9-21(27-2)10-8-17/h7-10,14-16,20,24H,3-6,11-13H2,1-2H3. The largest absolute Gasteiger partial charge is 0.497 e. The Hall–Kier alpha value is -2.56. The third-order valence-electron chi connectivity index (χ3n) is 5.25. The number of nitrogens with zero attached hydrogens (tertiary/aromatic N) is 2. The highest BCUT2D eigenvalue weighted by Crippen LogP contribution is 2.22. The predicted octanol–water partition coefficient (Wildman–Crippen LogP) is 4.15. The van der Waals surface area contributed by atoms with E-state index in [0.717, 1.165) is 50.2 Å². The zero-order chi connectivity index (χ0) is 19.1. The van der Waals surface area contributed by atoms with Crippen LogP contribution in [0.1, 0.15) is 48.5 Å². The highest BCUT2D eigenvalue weighted by Gasteiger charge is 2.26. The Labute approximate surface area is 161 Å². The molecule has 0 spiro atoms. The van der Waals surface area contributed by atoms with E-state index in [9.17, 15) is 4.79 Å². The molecule has 1 saturated heterocycles. The van der Waals surface area contributed by atoms with Crippen LogP contribution < -0.4 is 10.1 Å². The van der Waals surface area contributed by atoms with Gasteiger partial charge in [-0.3, -0.25) is 9.78 Å². The van der Waals surface area contributed by atoms with E-state index in [2.05, 4.69) is 29.4 Å². The first-order valence-corrected chi connectivity index (χ1v) is 9.84. The lowest BCUT2D eigenvalue weighted by Gasteiger charge is -2.35. The quantitative estimate of drug-likeness (QED) is 0.799. The Bertz CT molecular complexity index is 745. The van der Waals surface area contributed by atoms with Crippen LogP contribution >= 0.6 is 0 Å². The van der Waals surface area contributed by atoms with E-state index in [0.29, 0.717) is 11.6 Å². The SMILES string of the molecule is CCC1CCCCN1C(=O)c1cncc(NCCc2ccc(OC)cc2)c1. The number of pyridine rings is 1. The van der Waals surface area contributed by atoms with Gasteiger partial charge in [0.25, 0.3) is 5.91 Å². The molecule has 1 N–H and O–H groups in total.